The highest BCUT2D eigenvalue weighted by atomic mass is 19.1. The van der Waals surface area contributed by atoms with Gasteiger partial charge in [0, 0.05) is 6.04 Å². The van der Waals surface area contributed by atoms with E-state index in [-0.39, 0.29) is 17.5 Å². The number of hydrogen-bond acceptors (Lipinski definition) is 1. The normalized spacial score (nSPS) is 24.4. The molecule has 0 saturated heterocycles. The van der Waals surface area contributed by atoms with Crippen molar-refractivity contribution in [1.29, 1.82) is 0 Å². The number of carbonyl (C=O) groups excluding carboxylic acids is 1. The van der Waals surface area contributed by atoms with Gasteiger partial charge >= 0.3 is 0 Å². The van der Waals surface area contributed by atoms with Crippen molar-refractivity contribution < 1.29 is 9.18 Å². The first kappa shape index (κ1) is 12.1. The molecule has 0 spiro atoms. The second kappa shape index (κ2) is 5.30. The zero-order chi connectivity index (χ0) is 12.3. The van der Waals surface area contributed by atoms with Gasteiger partial charge in [-0.2, -0.15) is 0 Å². The van der Waals surface area contributed by atoms with E-state index in [0.29, 0.717) is 5.92 Å². The van der Waals surface area contributed by atoms with Gasteiger partial charge in [-0.1, -0.05) is 31.9 Å². The molecule has 1 amide bonds. The Morgan fingerprint density at radius 3 is 2.71 bits per heavy atom. The number of nitrogens with one attached hydrogen (secondary N) is 1. The fourth-order valence-corrected chi connectivity index (χ4v) is 2.42. The molecule has 17 heavy (non-hydrogen) atoms. The smallest absolute Gasteiger partial charge is 0.254 e. The largest absolute Gasteiger partial charge is 0.349 e. The number of rotatable bonds is 2. The van der Waals surface area contributed by atoms with E-state index in [9.17, 15) is 9.18 Å². The Morgan fingerprint density at radius 2 is 2.00 bits per heavy atom. The van der Waals surface area contributed by atoms with E-state index in [4.69, 9.17) is 0 Å². The average Bonchev–Trinajstić information content (AvgIpc) is 2.32. The van der Waals surface area contributed by atoms with Gasteiger partial charge in [0.1, 0.15) is 5.82 Å². The zero-order valence-corrected chi connectivity index (χ0v) is 10.1. The minimum Gasteiger partial charge on any atom is -0.349 e. The maximum Gasteiger partial charge on any atom is 0.254 e. The van der Waals surface area contributed by atoms with Gasteiger partial charge in [0.2, 0.25) is 0 Å². The minimum atomic E-state index is -0.450. The standard InChI is InChI=1S/C14H18FNO/c1-10-6-2-5-9-13(10)16-14(17)11-7-3-4-8-12(11)15/h3-4,7-8,10,13H,2,5-6,9H2,1H3,(H,16,17)/t10-,13-/m0/s1. The molecule has 92 valence electrons. The Kier molecular flexibility index (Phi) is 3.77. The quantitative estimate of drug-likeness (QED) is 0.838. The Hall–Kier alpha value is -1.38. The van der Waals surface area contributed by atoms with Crippen LogP contribution in [0.1, 0.15) is 43.0 Å². The van der Waals surface area contributed by atoms with E-state index >= 15 is 0 Å². The molecule has 1 aliphatic rings. The first-order valence-corrected chi connectivity index (χ1v) is 6.24. The van der Waals surface area contributed by atoms with Crippen LogP contribution in [0.4, 0.5) is 4.39 Å². The van der Waals surface area contributed by atoms with Crippen molar-refractivity contribution >= 4 is 5.91 Å². The molecule has 0 aliphatic heterocycles. The third-order valence-corrected chi connectivity index (χ3v) is 3.55. The topological polar surface area (TPSA) is 29.1 Å². The molecular weight excluding hydrogens is 217 g/mol. The van der Waals surface area contributed by atoms with Gasteiger partial charge in [-0.15, -0.1) is 0 Å². The van der Waals surface area contributed by atoms with Crippen LogP contribution in [-0.4, -0.2) is 11.9 Å². The average molecular weight is 235 g/mol. The minimum absolute atomic E-state index is 0.144. The predicted molar refractivity (Wildman–Crippen MR) is 65.3 cm³/mol. The summed E-state index contributed by atoms with van der Waals surface area (Å²) in [5, 5.41) is 2.95. The summed E-state index contributed by atoms with van der Waals surface area (Å²) in [6, 6.07) is 6.31. The van der Waals surface area contributed by atoms with Gasteiger partial charge in [-0.25, -0.2) is 4.39 Å². The summed E-state index contributed by atoms with van der Waals surface area (Å²) < 4.78 is 13.4. The fraction of sp³-hybridized carbons (Fsp3) is 0.500. The van der Waals surface area contributed by atoms with Crippen molar-refractivity contribution in [3.63, 3.8) is 0 Å². The van der Waals surface area contributed by atoms with Gasteiger partial charge in [-0.3, -0.25) is 4.79 Å². The number of carbonyl (C=O) groups is 1. The van der Waals surface area contributed by atoms with Gasteiger partial charge in [0.05, 0.1) is 5.56 Å². The highest BCUT2D eigenvalue weighted by Crippen LogP contribution is 2.24. The summed E-state index contributed by atoms with van der Waals surface area (Å²) in [7, 11) is 0. The summed E-state index contributed by atoms with van der Waals surface area (Å²) in [5.74, 6) is -0.255. The van der Waals surface area contributed by atoms with Crippen LogP contribution < -0.4 is 5.32 Å². The molecule has 0 unspecified atom stereocenters. The first-order chi connectivity index (χ1) is 8.18. The summed E-state index contributed by atoms with van der Waals surface area (Å²) >= 11 is 0. The van der Waals surface area contributed by atoms with Crippen molar-refractivity contribution in [2.45, 2.75) is 38.6 Å². The Morgan fingerprint density at radius 1 is 1.29 bits per heavy atom. The molecular formula is C14H18FNO. The maximum absolute atomic E-state index is 13.4. The van der Waals surface area contributed by atoms with E-state index in [1.165, 1.54) is 18.6 Å². The summed E-state index contributed by atoms with van der Waals surface area (Å²) in [6.45, 7) is 2.14. The monoisotopic (exact) mass is 235 g/mol. The van der Waals surface area contributed by atoms with Crippen LogP contribution in [0.25, 0.3) is 0 Å². The SMILES string of the molecule is C[C@H]1CCCC[C@@H]1NC(=O)c1ccccc1F. The molecule has 1 aliphatic carbocycles. The second-order valence-electron chi connectivity index (χ2n) is 4.82. The molecule has 1 N–H and O–H groups in total. The second-order valence-corrected chi connectivity index (χ2v) is 4.82. The van der Waals surface area contributed by atoms with Crippen molar-refractivity contribution in [2.24, 2.45) is 5.92 Å². The third kappa shape index (κ3) is 2.84. The number of halogens is 1. The molecule has 1 fully saturated rings. The van der Waals surface area contributed by atoms with Crippen LogP contribution in [0, 0.1) is 11.7 Å². The molecule has 2 rings (SSSR count). The van der Waals surface area contributed by atoms with Crippen LogP contribution in [0.3, 0.4) is 0 Å². The summed E-state index contributed by atoms with van der Waals surface area (Å²) in [4.78, 5) is 11.9. The lowest BCUT2D eigenvalue weighted by Crippen LogP contribution is -2.41. The van der Waals surface area contributed by atoms with Crippen molar-refractivity contribution in [3.05, 3.63) is 35.6 Å². The molecule has 2 nitrogen and oxygen atoms in total. The van der Waals surface area contributed by atoms with Crippen LogP contribution in [0.2, 0.25) is 0 Å². The van der Waals surface area contributed by atoms with E-state index in [2.05, 4.69) is 12.2 Å². The van der Waals surface area contributed by atoms with Crippen LogP contribution in [-0.2, 0) is 0 Å². The van der Waals surface area contributed by atoms with Gasteiger partial charge in [0.15, 0.2) is 0 Å². The van der Waals surface area contributed by atoms with Gasteiger partial charge in [-0.05, 0) is 30.9 Å². The molecule has 0 bridgehead atoms. The van der Waals surface area contributed by atoms with Gasteiger partial charge in [0.25, 0.3) is 5.91 Å². The molecule has 0 radical (unpaired) electrons. The zero-order valence-electron chi connectivity index (χ0n) is 10.1. The summed E-state index contributed by atoms with van der Waals surface area (Å²) in [5.41, 5.74) is 0.144. The molecule has 0 heterocycles. The lowest BCUT2D eigenvalue weighted by atomic mass is 9.86. The first-order valence-electron chi connectivity index (χ1n) is 6.24. The van der Waals surface area contributed by atoms with Crippen LogP contribution >= 0.6 is 0 Å². The molecule has 1 aromatic carbocycles. The molecule has 1 saturated carbocycles. The molecule has 0 aromatic heterocycles. The number of amides is 1. The van der Waals surface area contributed by atoms with Gasteiger partial charge < -0.3 is 5.32 Å². The van der Waals surface area contributed by atoms with E-state index < -0.39 is 5.82 Å². The maximum atomic E-state index is 13.4. The number of benzene rings is 1. The van der Waals surface area contributed by atoms with Crippen LogP contribution in [0.5, 0.6) is 0 Å². The Balaban J connectivity index is 2.04. The molecule has 2 atom stereocenters. The third-order valence-electron chi connectivity index (χ3n) is 3.55. The van der Waals surface area contributed by atoms with Crippen molar-refractivity contribution in [3.8, 4) is 0 Å². The summed E-state index contributed by atoms with van der Waals surface area (Å²) in [6.07, 6.45) is 4.52. The highest BCUT2D eigenvalue weighted by molar-refractivity contribution is 5.94. The van der Waals surface area contributed by atoms with E-state index in [0.717, 1.165) is 19.3 Å². The number of hydrogen-bond donors (Lipinski definition) is 1. The van der Waals surface area contributed by atoms with E-state index in [1.807, 2.05) is 0 Å². The van der Waals surface area contributed by atoms with Crippen molar-refractivity contribution in [1.82, 2.24) is 5.32 Å². The molecule has 3 heteroatoms. The molecule has 1 aromatic rings. The Bertz CT molecular complexity index is 405. The highest BCUT2D eigenvalue weighted by Gasteiger charge is 2.23. The van der Waals surface area contributed by atoms with E-state index in [1.54, 1.807) is 12.1 Å². The van der Waals surface area contributed by atoms with Crippen molar-refractivity contribution in [2.75, 3.05) is 0 Å². The lowest BCUT2D eigenvalue weighted by Gasteiger charge is -2.29. The fourth-order valence-electron chi connectivity index (χ4n) is 2.42. The Labute approximate surface area is 101 Å². The lowest BCUT2D eigenvalue weighted by molar-refractivity contribution is 0.0906. The van der Waals surface area contributed by atoms with Crippen LogP contribution in [0.15, 0.2) is 24.3 Å². The predicted octanol–water partition coefficient (Wildman–Crippen LogP) is 3.13.